The second-order valence-corrected chi connectivity index (χ2v) is 19.6. The maximum absolute atomic E-state index is 13.7. The molecule has 0 saturated carbocycles. The first kappa shape index (κ1) is 62.9. The molecule has 0 saturated heterocycles. The lowest BCUT2D eigenvalue weighted by Crippen LogP contribution is -2.65. The third kappa shape index (κ3) is 19.7. The number of rotatable bonds is 40. The van der Waals surface area contributed by atoms with Gasteiger partial charge in [-0.25, -0.2) is 9.59 Å². The van der Waals surface area contributed by atoms with Gasteiger partial charge in [-0.3, -0.25) is 9.59 Å². The summed E-state index contributed by atoms with van der Waals surface area (Å²) in [7, 11) is 3.17. The normalized spacial score (nSPS) is 12.8. The lowest BCUT2D eigenvalue weighted by molar-refractivity contribution is -0.174. The number of carboxylic acid groups (broad SMARTS) is 2. The molecular formula is C63H86N2O12. The van der Waals surface area contributed by atoms with Gasteiger partial charge in [0.25, 0.3) is 0 Å². The van der Waals surface area contributed by atoms with Crippen LogP contribution in [0.4, 0.5) is 0 Å². The highest BCUT2D eigenvalue weighted by Crippen LogP contribution is 2.51. The smallest absolute Gasteiger partial charge is 0.330 e. The summed E-state index contributed by atoms with van der Waals surface area (Å²) >= 11 is 0. The number of aryl methyl sites for hydroxylation is 1. The van der Waals surface area contributed by atoms with Crippen molar-refractivity contribution in [1.29, 1.82) is 0 Å². The first-order valence-electron chi connectivity index (χ1n) is 27.8. The van der Waals surface area contributed by atoms with Gasteiger partial charge in [0, 0.05) is 12.2 Å². The third-order valence-corrected chi connectivity index (χ3v) is 14.0. The molecule has 0 heterocycles. The van der Waals surface area contributed by atoms with E-state index in [2.05, 4.69) is 13.8 Å². The summed E-state index contributed by atoms with van der Waals surface area (Å²) in [5.74, 6) is -1.53. The molecule has 0 amide bonds. The molecule has 2 atom stereocenters. The van der Waals surface area contributed by atoms with E-state index in [0.717, 1.165) is 113 Å². The van der Waals surface area contributed by atoms with Gasteiger partial charge in [0.15, 0.2) is 23.0 Å². The van der Waals surface area contributed by atoms with Crippen molar-refractivity contribution in [3.63, 3.8) is 0 Å². The van der Waals surface area contributed by atoms with Crippen LogP contribution < -0.4 is 30.4 Å². The van der Waals surface area contributed by atoms with Crippen LogP contribution in [-0.2, 0) is 40.6 Å². The van der Waals surface area contributed by atoms with Crippen molar-refractivity contribution in [1.82, 2.24) is 0 Å². The molecule has 0 aliphatic carbocycles. The summed E-state index contributed by atoms with van der Waals surface area (Å²) in [6.07, 6.45) is 22.4. The number of methoxy groups -OCH3 is 2. The van der Waals surface area contributed by atoms with Crippen LogP contribution in [-0.4, -0.2) is 74.7 Å². The SMILES string of the molecule is CCCCCOc1ccc(C=CC(=O)OCCCCCCCCc2ccccc2C(N)(CCCCCCCCOC(=O)C=Cc2ccc(OCCCCC)c(OC)c2)C(C(=O)O)(C(=O)O)C(N)c2ccccc2)cc1OC. The molecule has 0 bridgehead atoms. The maximum atomic E-state index is 13.7. The highest BCUT2D eigenvalue weighted by molar-refractivity contribution is 6.01. The Balaban J connectivity index is 1.28. The van der Waals surface area contributed by atoms with Crippen molar-refractivity contribution in [2.24, 2.45) is 16.9 Å². The first-order chi connectivity index (χ1) is 37.4. The minimum atomic E-state index is -2.62. The molecule has 0 aromatic heterocycles. The predicted octanol–water partition coefficient (Wildman–Crippen LogP) is 13.0. The summed E-state index contributed by atoms with van der Waals surface area (Å²) in [5.41, 5.74) is 12.9. The van der Waals surface area contributed by atoms with Crippen molar-refractivity contribution >= 4 is 36.0 Å². The first-order valence-corrected chi connectivity index (χ1v) is 27.8. The fraction of sp³-hybridized carbons (Fsp3) is 0.492. The van der Waals surface area contributed by atoms with Crippen molar-refractivity contribution in [2.75, 3.05) is 40.6 Å². The summed E-state index contributed by atoms with van der Waals surface area (Å²) in [4.78, 5) is 52.3. The molecule has 420 valence electrons. The third-order valence-electron chi connectivity index (χ3n) is 14.0. The maximum Gasteiger partial charge on any atom is 0.330 e. The minimum absolute atomic E-state index is 0.0601. The van der Waals surface area contributed by atoms with Gasteiger partial charge < -0.3 is 50.1 Å². The predicted molar refractivity (Wildman–Crippen MR) is 303 cm³/mol. The fourth-order valence-corrected chi connectivity index (χ4v) is 9.64. The molecule has 14 nitrogen and oxygen atoms in total. The molecule has 4 rings (SSSR count). The number of carboxylic acids is 2. The van der Waals surface area contributed by atoms with Crippen molar-refractivity contribution in [3.05, 3.63) is 131 Å². The van der Waals surface area contributed by atoms with Crippen LogP contribution >= 0.6 is 0 Å². The number of esters is 2. The van der Waals surface area contributed by atoms with Gasteiger partial charge in [0.1, 0.15) is 0 Å². The largest absolute Gasteiger partial charge is 0.493 e. The van der Waals surface area contributed by atoms with E-state index in [0.29, 0.717) is 79.6 Å². The topological polar surface area (TPSA) is 216 Å². The molecule has 0 spiro atoms. The summed E-state index contributed by atoms with van der Waals surface area (Å²) in [6, 6.07) is 25.3. The Bertz CT molecular complexity index is 2440. The number of carbonyl (C=O) groups is 4. The number of unbranched alkanes of at least 4 members (excludes halogenated alkanes) is 14. The van der Waals surface area contributed by atoms with Gasteiger partial charge in [-0.1, -0.05) is 164 Å². The average Bonchev–Trinajstić information content (AvgIpc) is 3.50. The number of aliphatic carboxylic acids is 2. The average molecular weight is 1060 g/mol. The molecule has 4 aromatic carbocycles. The lowest BCUT2D eigenvalue weighted by atomic mass is 9.58. The fourth-order valence-electron chi connectivity index (χ4n) is 9.64. The molecule has 0 aliphatic rings. The molecule has 0 radical (unpaired) electrons. The van der Waals surface area contributed by atoms with E-state index in [1.54, 1.807) is 68.8 Å². The lowest BCUT2D eigenvalue weighted by Gasteiger charge is -2.47. The Kier molecular flexibility index (Phi) is 28.5. The van der Waals surface area contributed by atoms with Gasteiger partial charge in [0.05, 0.1) is 52.2 Å². The van der Waals surface area contributed by atoms with Crippen LogP contribution in [0.2, 0.25) is 0 Å². The molecule has 0 fully saturated rings. The molecule has 14 heteroatoms. The molecule has 2 unspecified atom stereocenters. The number of hydrogen-bond donors (Lipinski definition) is 4. The van der Waals surface area contributed by atoms with Gasteiger partial charge in [-0.2, -0.15) is 0 Å². The van der Waals surface area contributed by atoms with Gasteiger partial charge in [-0.05, 0) is 109 Å². The van der Waals surface area contributed by atoms with E-state index in [-0.39, 0.29) is 13.0 Å². The van der Waals surface area contributed by atoms with Crippen molar-refractivity contribution < 1.29 is 57.8 Å². The minimum Gasteiger partial charge on any atom is -0.493 e. The zero-order valence-corrected chi connectivity index (χ0v) is 46.1. The molecule has 4 aromatic rings. The number of hydrogen-bond acceptors (Lipinski definition) is 12. The second kappa shape index (κ2) is 34.9. The van der Waals surface area contributed by atoms with Gasteiger partial charge >= 0.3 is 23.9 Å². The molecule has 6 N–H and O–H groups in total. The summed E-state index contributed by atoms with van der Waals surface area (Å²) in [6.45, 7) is 6.09. The number of nitrogens with two attached hydrogens (primary N) is 2. The van der Waals surface area contributed by atoms with Crippen molar-refractivity contribution in [3.8, 4) is 23.0 Å². The quantitative estimate of drug-likeness (QED) is 0.0141. The Morgan fingerprint density at radius 3 is 1.45 bits per heavy atom. The monoisotopic (exact) mass is 1060 g/mol. The van der Waals surface area contributed by atoms with E-state index < -0.39 is 40.9 Å². The van der Waals surface area contributed by atoms with Gasteiger partial charge in [-0.15, -0.1) is 0 Å². The van der Waals surface area contributed by atoms with E-state index in [4.69, 9.17) is 39.9 Å². The van der Waals surface area contributed by atoms with Crippen LogP contribution in [0.1, 0.15) is 170 Å². The van der Waals surface area contributed by atoms with Crippen molar-refractivity contribution in [2.45, 2.75) is 154 Å². The number of ether oxygens (including phenoxy) is 6. The zero-order chi connectivity index (χ0) is 55.7. The second-order valence-electron chi connectivity index (χ2n) is 19.6. The van der Waals surface area contributed by atoms with E-state index >= 15 is 0 Å². The summed E-state index contributed by atoms with van der Waals surface area (Å²) in [5, 5.41) is 22.2. The number of carbonyl (C=O) groups excluding carboxylic acids is 2. The van der Waals surface area contributed by atoms with Crippen LogP contribution in [0.5, 0.6) is 23.0 Å². The Morgan fingerprint density at radius 2 is 0.974 bits per heavy atom. The molecule has 77 heavy (non-hydrogen) atoms. The highest BCUT2D eigenvalue weighted by atomic mass is 16.5. The van der Waals surface area contributed by atoms with Crippen LogP contribution in [0.3, 0.4) is 0 Å². The standard InChI is InChI=1S/C63H86N2O12/c1-5-7-24-42-74-53-37-33-48(46-55(53)72-3)35-39-57(66)76-44-26-15-11-9-13-18-28-50-29-21-22-32-52(50)62(65,63(60(68)69,61(70)71)59(64)51-30-19-17-20-31-51)41-23-14-10-12-16-27-45-77-58(67)40-36-49-34-38-54(56(47-49)73-4)75-43-25-8-6-2/h17,19-22,29-40,46-47,59H,5-16,18,23-28,41-45,64-65H2,1-4H3,(H,68,69)(H,70,71). The number of benzene rings is 4. The highest BCUT2D eigenvalue weighted by Gasteiger charge is 2.65. The van der Waals surface area contributed by atoms with Gasteiger partial charge in [0.2, 0.25) is 5.41 Å². The van der Waals surface area contributed by atoms with Crippen LogP contribution in [0.15, 0.2) is 103 Å². The Labute approximate surface area is 457 Å². The Morgan fingerprint density at radius 1 is 0.532 bits per heavy atom. The molecule has 0 aliphatic heterocycles. The van der Waals surface area contributed by atoms with E-state index in [1.807, 2.05) is 48.5 Å². The zero-order valence-electron chi connectivity index (χ0n) is 46.1. The molecular weight excluding hydrogens is 977 g/mol. The van der Waals surface area contributed by atoms with Crippen LogP contribution in [0.25, 0.3) is 12.2 Å². The summed E-state index contributed by atoms with van der Waals surface area (Å²) < 4.78 is 33.6. The van der Waals surface area contributed by atoms with Crippen LogP contribution in [0, 0.1) is 5.41 Å². The Hall–Kier alpha value is -6.64. The van der Waals surface area contributed by atoms with E-state index in [9.17, 15) is 29.4 Å². The van der Waals surface area contributed by atoms with E-state index in [1.165, 1.54) is 12.2 Å².